The summed E-state index contributed by atoms with van der Waals surface area (Å²) in [6.07, 6.45) is 66.8. The van der Waals surface area contributed by atoms with Gasteiger partial charge in [0, 0.05) is 6.42 Å². The van der Waals surface area contributed by atoms with E-state index in [0.29, 0.717) is 6.42 Å². The van der Waals surface area contributed by atoms with E-state index in [-0.39, 0.29) is 12.5 Å². The Morgan fingerprint density at radius 3 is 1.12 bits per heavy atom. The monoisotopic (exact) mass is 1060 g/mol. The van der Waals surface area contributed by atoms with Gasteiger partial charge < -0.3 is 40.3 Å². The number of nitrogens with one attached hydrogen (secondary N) is 1. The van der Waals surface area contributed by atoms with Crippen molar-refractivity contribution < 1.29 is 39.8 Å². The van der Waals surface area contributed by atoms with E-state index in [2.05, 4.69) is 43.5 Å². The average Bonchev–Trinajstić information content (AvgIpc) is 3.41. The van der Waals surface area contributed by atoms with Crippen molar-refractivity contribution in [3.05, 3.63) is 36.5 Å². The minimum atomic E-state index is -1.57. The molecule has 1 rings (SSSR count). The molecule has 1 aliphatic rings. The number of unbranched alkanes of at least 4 members (excludes halogenated alkanes) is 43. The van der Waals surface area contributed by atoms with Crippen LogP contribution >= 0.6 is 0 Å². The molecule has 7 unspecified atom stereocenters. The van der Waals surface area contributed by atoms with Crippen LogP contribution in [0, 0.1) is 0 Å². The van der Waals surface area contributed by atoms with Crippen LogP contribution in [-0.4, -0.2) is 87.5 Å². The first-order valence-corrected chi connectivity index (χ1v) is 32.7. The maximum atomic E-state index is 13.1. The molecule has 1 aliphatic heterocycles. The Kier molecular flexibility index (Phi) is 53.1. The van der Waals surface area contributed by atoms with Crippen LogP contribution in [0.3, 0.4) is 0 Å². The predicted octanol–water partition coefficient (Wildman–Crippen LogP) is 17.1. The third kappa shape index (κ3) is 44.9. The maximum absolute atomic E-state index is 13.1. The SMILES string of the molecule is CCCCCCCCCC/C=C\CCCCCCCCCCCCCCCCCCCCCCCCCC(=O)NC(COC1OC(CO)C(O)C(O)C1O)C(O)/C=C/CC/C=C/CCCCCCCCCCCCC. The minimum Gasteiger partial charge on any atom is -0.394 e. The summed E-state index contributed by atoms with van der Waals surface area (Å²) in [6.45, 7) is 3.80. The fourth-order valence-corrected chi connectivity index (χ4v) is 10.5. The summed E-state index contributed by atoms with van der Waals surface area (Å²) in [7, 11) is 0. The van der Waals surface area contributed by atoms with Gasteiger partial charge in [-0.05, 0) is 57.8 Å². The Bertz CT molecular complexity index is 1270. The molecular weight excluding hydrogens is 935 g/mol. The number of aliphatic hydroxyl groups excluding tert-OH is 5. The van der Waals surface area contributed by atoms with E-state index in [4.69, 9.17) is 9.47 Å². The van der Waals surface area contributed by atoms with Gasteiger partial charge in [-0.1, -0.05) is 294 Å². The number of allylic oxidation sites excluding steroid dienone is 5. The van der Waals surface area contributed by atoms with E-state index < -0.39 is 49.5 Å². The molecule has 75 heavy (non-hydrogen) atoms. The van der Waals surface area contributed by atoms with Gasteiger partial charge in [0.05, 0.1) is 25.4 Å². The van der Waals surface area contributed by atoms with Crippen LogP contribution in [0.2, 0.25) is 0 Å². The number of hydrogen-bond donors (Lipinski definition) is 6. The van der Waals surface area contributed by atoms with E-state index in [1.165, 1.54) is 263 Å². The molecule has 9 heteroatoms. The lowest BCUT2D eigenvalue weighted by atomic mass is 9.99. The molecule has 0 spiro atoms. The van der Waals surface area contributed by atoms with E-state index in [9.17, 15) is 30.3 Å². The van der Waals surface area contributed by atoms with Gasteiger partial charge in [-0.25, -0.2) is 0 Å². The second-order valence-corrected chi connectivity index (χ2v) is 22.9. The fraction of sp³-hybridized carbons (Fsp3) is 0.894. The first-order chi connectivity index (χ1) is 36.8. The molecule has 442 valence electrons. The summed E-state index contributed by atoms with van der Waals surface area (Å²) in [6, 6.07) is -0.820. The van der Waals surface area contributed by atoms with Crippen LogP contribution in [0.15, 0.2) is 36.5 Å². The van der Waals surface area contributed by atoms with Crippen LogP contribution in [0.1, 0.15) is 322 Å². The second kappa shape index (κ2) is 55.7. The predicted molar refractivity (Wildman–Crippen MR) is 318 cm³/mol. The van der Waals surface area contributed by atoms with Crippen LogP contribution in [0.25, 0.3) is 0 Å². The number of amides is 1. The number of hydrogen-bond acceptors (Lipinski definition) is 8. The van der Waals surface area contributed by atoms with E-state index in [1.54, 1.807) is 6.08 Å². The largest absolute Gasteiger partial charge is 0.394 e. The molecular formula is C66H125NO8. The van der Waals surface area contributed by atoms with Crippen LogP contribution < -0.4 is 5.32 Å². The van der Waals surface area contributed by atoms with Gasteiger partial charge in [-0.15, -0.1) is 0 Å². The van der Waals surface area contributed by atoms with Gasteiger partial charge >= 0.3 is 0 Å². The fourth-order valence-electron chi connectivity index (χ4n) is 10.5. The van der Waals surface area contributed by atoms with Crippen molar-refractivity contribution in [2.24, 2.45) is 0 Å². The molecule has 6 N–H and O–H groups in total. The highest BCUT2D eigenvalue weighted by molar-refractivity contribution is 5.76. The van der Waals surface area contributed by atoms with Gasteiger partial charge in [0.15, 0.2) is 6.29 Å². The van der Waals surface area contributed by atoms with Gasteiger partial charge in [0.25, 0.3) is 0 Å². The maximum Gasteiger partial charge on any atom is 0.220 e. The summed E-state index contributed by atoms with van der Waals surface area (Å²) in [5.74, 6) is -0.181. The van der Waals surface area contributed by atoms with E-state index in [0.717, 1.165) is 38.5 Å². The van der Waals surface area contributed by atoms with Crippen molar-refractivity contribution in [1.82, 2.24) is 5.32 Å². The van der Waals surface area contributed by atoms with Crippen molar-refractivity contribution in [3.63, 3.8) is 0 Å². The van der Waals surface area contributed by atoms with E-state index in [1.807, 2.05) is 6.08 Å². The quantitative estimate of drug-likeness (QED) is 0.0261. The van der Waals surface area contributed by atoms with Crippen LogP contribution in [0.5, 0.6) is 0 Å². The minimum absolute atomic E-state index is 0.181. The summed E-state index contributed by atoms with van der Waals surface area (Å²) >= 11 is 0. The Morgan fingerprint density at radius 1 is 0.440 bits per heavy atom. The molecule has 0 bridgehead atoms. The number of aliphatic hydroxyl groups is 5. The summed E-state index contributed by atoms with van der Waals surface area (Å²) in [5.41, 5.74) is 0. The van der Waals surface area contributed by atoms with Crippen molar-refractivity contribution in [1.29, 1.82) is 0 Å². The second-order valence-electron chi connectivity index (χ2n) is 22.9. The smallest absolute Gasteiger partial charge is 0.220 e. The zero-order valence-corrected chi connectivity index (χ0v) is 49.3. The Balaban J connectivity index is 2.10. The van der Waals surface area contributed by atoms with Crippen LogP contribution in [-0.2, 0) is 14.3 Å². The molecule has 7 atom stereocenters. The van der Waals surface area contributed by atoms with Crippen molar-refractivity contribution in [2.45, 2.75) is 365 Å². The summed E-state index contributed by atoms with van der Waals surface area (Å²) < 4.78 is 11.3. The van der Waals surface area contributed by atoms with Gasteiger partial charge in [-0.3, -0.25) is 4.79 Å². The molecule has 1 saturated heterocycles. The third-order valence-corrected chi connectivity index (χ3v) is 15.7. The third-order valence-electron chi connectivity index (χ3n) is 15.7. The standard InChI is InChI=1S/C66H125NO8/c1-3-5-7-9-11-13-15-17-19-21-22-23-24-25-26-27-28-29-30-31-32-33-34-35-36-37-38-40-42-44-46-48-50-52-54-56-62(70)67-59(58-74-66-65(73)64(72)63(71)61(57-68)75-66)60(69)55-53-51-49-47-45-43-41-39-20-18-16-14-12-10-8-6-4-2/h21-22,45,47,53,55,59-61,63-66,68-69,71-73H,3-20,23-44,46,48-52,54,56-58H2,1-2H3,(H,67,70)/b22-21-,47-45+,55-53+. The lowest BCUT2D eigenvalue weighted by Gasteiger charge is -2.40. The zero-order valence-electron chi connectivity index (χ0n) is 49.3. The van der Waals surface area contributed by atoms with Gasteiger partial charge in [-0.2, -0.15) is 0 Å². The number of carbonyl (C=O) groups excluding carboxylic acids is 1. The number of rotatable bonds is 57. The molecule has 0 saturated carbocycles. The topological polar surface area (TPSA) is 149 Å². The molecule has 1 heterocycles. The molecule has 0 aromatic rings. The highest BCUT2D eigenvalue weighted by Crippen LogP contribution is 2.23. The highest BCUT2D eigenvalue weighted by Gasteiger charge is 2.44. The molecule has 0 aliphatic carbocycles. The first kappa shape index (κ1) is 71.4. The average molecular weight is 1060 g/mol. The molecule has 0 aromatic heterocycles. The first-order valence-electron chi connectivity index (χ1n) is 32.7. The normalized spacial score (nSPS) is 19.1. The Labute approximate surface area is 463 Å². The summed E-state index contributed by atoms with van der Waals surface area (Å²) in [4.78, 5) is 13.1. The zero-order chi connectivity index (χ0) is 54.3. The number of carbonyl (C=O) groups is 1. The van der Waals surface area contributed by atoms with Crippen molar-refractivity contribution >= 4 is 5.91 Å². The summed E-state index contributed by atoms with van der Waals surface area (Å²) in [5, 5.41) is 54.5. The molecule has 0 radical (unpaired) electrons. The Morgan fingerprint density at radius 2 is 0.760 bits per heavy atom. The van der Waals surface area contributed by atoms with Gasteiger partial charge in [0.1, 0.15) is 24.4 Å². The van der Waals surface area contributed by atoms with Gasteiger partial charge in [0.2, 0.25) is 5.91 Å². The lowest BCUT2D eigenvalue weighted by molar-refractivity contribution is -0.302. The molecule has 9 nitrogen and oxygen atoms in total. The van der Waals surface area contributed by atoms with Crippen LogP contribution in [0.4, 0.5) is 0 Å². The van der Waals surface area contributed by atoms with Crippen molar-refractivity contribution in [3.8, 4) is 0 Å². The Hall–Kier alpha value is -1.59. The molecule has 1 amide bonds. The number of ether oxygens (including phenoxy) is 2. The molecule has 1 fully saturated rings. The lowest BCUT2D eigenvalue weighted by Crippen LogP contribution is -2.60. The van der Waals surface area contributed by atoms with E-state index >= 15 is 0 Å². The molecule has 0 aromatic carbocycles. The highest BCUT2D eigenvalue weighted by atomic mass is 16.7. The van der Waals surface area contributed by atoms with Crippen molar-refractivity contribution in [2.75, 3.05) is 13.2 Å².